The molecule has 0 aliphatic carbocycles. The Hall–Kier alpha value is -2.83. The highest BCUT2D eigenvalue weighted by Crippen LogP contribution is 2.31. The molecule has 7 nitrogen and oxygen atoms in total. The summed E-state index contributed by atoms with van der Waals surface area (Å²) in [4.78, 5) is 25.7. The van der Waals surface area contributed by atoms with E-state index in [4.69, 9.17) is 4.42 Å². The van der Waals surface area contributed by atoms with Gasteiger partial charge < -0.3 is 14.6 Å². The standard InChI is InChI=1S/C20H25N3O4/c1-15(7-9-17-6-5-13-27-17)21-20(24)16-8-10-18(19(14-16)23(25)26)22-11-3-2-4-12-22/h5-6,8,10,13-15H,2-4,7,9,11-12H2,1H3,(H,21,24)/t15-/m0/s1. The number of nitro groups is 1. The zero-order valence-corrected chi connectivity index (χ0v) is 15.5. The number of furan rings is 1. The summed E-state index contributed by atoms with van der Waals surface area (Å²) in [5.74, 6) is 0.577. The maximum Gasteiger partial charge on any atom is 0.293 e. The average molecular weight is 371 g/mol. The lowest BCUT2D eigenvalue weighted by atomic mass is 10.1. The van der Waals surface area contributed by atoms with Gasteiger partial charge in [-0.3, -0.25) is 14.9 Å². The van der Waals surface area contributed by atoms with Gasteiger partial charge in [0.1, 0.15) is 11.4 Å². The number of nitrogens with one attached hydrogen (secondary N) is 1. The molecule has 0 saturated carbocycles. The monoisotopic (exact) mass is 371 g/mol. The minimum atomic E-state index is -0.402. The molecule has 1 fully saturated rings. The molecule has 1 aliphatic rings. The Morgan fingerprint density at radius 1 is 1.30 bits per heavy atom. The summed E-state index contributed by atoms with van der Waals surface area (Å²) in [5.41, 5.74) is 0.905. The van der Waals surface area contributed by atoms with Gasteiger partial charge in [-0.2, -0.15) is 0 Å². The first kappa shape index (κ1) is 18.9. The van der Waals surface area contributed by atoms with Crippen LogP contribution in [0.15, 0.2) is 41.0 Å². The number of benzene rings is 1. The summed E-state index contributed by atoms with van der Waals surface area (Å²) in [6.45, 7) is 3.55. The van der Waals surface area contributed by atoms with Crippen molar-refractivity contribution in [2.24, 2.45) is 0 Å². The van der Waals surface area contributed by atoms with Crippen LogP contribution in [0.3, 0.4) is 0 Å². The van der Waals surface area contributed by atoms with Gasteiger partial charge in [0, 0.05) is 37.2 Å². The number of anilines is 1. The summed E-state index contributed by atoms with van der Waals surface area (Å²) < 4.78 is 5.29. The molecule has 0 spiro atoms. The molecule has 1 aromatic carbocycles. The molecule has 1 aliphatic heterocycles. The molecule has 1 amide bonds. The van der Waals surface area contributed by atoms with Crippen LogP contribution in [0.25, 0.3) is 0 Å². The second kappa shape index (κ2) is 8.70. The number of nitrogens with zero attached hydrogens (tertiary/aromatic N) is 2. The highest BCUT2D eigenvalue weighted by atomic mass is 16.6. The van der Waals surface area contributed by atoms with E-state index in [2.05, 4.69) is 5.32 Å². The van der Waals surface area contributed by atoms with Crippen LogP contribution in [0.5, 0.6) is 0 Å². The van der Waals surface area contributed by atoms with Crippen molar-refractivity contribution in [3.8, 4) is 0 Å². The van der Waals surface area contributed by atoms with E-state index in [0.29, 0.717) is 11.3 Å². The highest BCUT2D eigenvalue weighted by molar-refractivity contribution is 5.96. The molecule has 2 aromatic rings. The second-order valence-electron chi connectivity index (χ2n) is 7.00. The minimum Gasteiger partial charge on any atom is -0.469 e. The van der Waals surface area contributed by atoms with Crippen LogP contribution >= 0.6 is 0 Å². The Morgan fingerprint density at radius 3 is 2.74 bits per heavy atom. The van der Waals surface area contributed by atoms with Gasteiger partial charge in [0.25, 0.3) is 11.6 Å². The maximum atomic E-state index is 12.5. The van der Waals surface area contributed by atoms with Gasteiger partial charge in [-0.05, 0) is 56.9 Å². The number of carbonyl (C=O) groups excluding carboxylic acids is 1. The Kier molecular flexibility index (Phi) is 6.11. The van der Waals surface area contributed by atoms with Crippen LogP contribution in [0, 0.1) is 10.1 Å². The Morgan fingerprint density at radius 2 is 2.07 bits per heavy atom. The van der Waals surface area contributed by atoms with E-state index in [1.807, 2.05) is 24.0 Å². The molecule has 7 heteroatoms. The zero-order chi connectivity index (χ0) is 19.2. The van der Waals surface area contributed by atoms with E-state index < -0.39 is 4.92 Å². The van der Waals surface area contributed by atoms with Crippen LogP contribution in [-0.4, -0.2) is 30.0 Å². The van der Waals surface area contributed by atoms with E-state index >= 15 is 0 Å². The first-order valence-corrected chi connectivity index (χ1v) is 9.41. The largest absolute Gasteiger partial charge is 0.469 e. The smallest absolute Gasteiger partial charge is 0.293 e. The van der Waals surface area contributed by atoms with Gasteiger partial charge in [-0.25, -0.2) is 0 Å². The van der Waals surface area contributed by atoms with Crippen molar-refractivity contribution in [3.05, 3.63) is 58.0 Å². The molecular formula is C20H25N3O4. The minimum absolute atomic E-state index is 0.00668. The lowest BCUT2D eigenvalue weighted by molar-refractivity contribution is -0.384. The first-order chi connectivity index (χ1) is 13.0. The van der Waals surface area contributed by atoms with Crippen LogP contribution in [0.2, 0.25) is 0 Å². The summed E-state index contributed by atoms with van der Waals surface area (Å²) in [6, 6.07) is 8.43. The first-order valence-electron chi connectivity index (χ1n) is 9.41. The van der Waals surface area contributed by atoms with Crippen molar-refractivity contribution >= 4 is 17.3 Å². The molecule has 1 atom stereocenters. The molecule has 3 rings (SSSR count). The van der Waals surface area contributed by atoms with Gasteiger partial charge in [0.15, 0.2) is 0 Å². The lowest BCUT2D eigenvalue weighted by Gasteiger charge is -2.28. The zero-order valence-electron chi connectivity index (χ0n) is 15.5. The summed E-state index contributed by atoms with van der Waals surface area (Å²) in [7, 11) is 0. The number of nitro benzene ring substituents is 1. The summed E-state index contributed by atoms with van der Waals surface area (Å²) in [6.07, 6.45) is 6.30. The predicted molar refractivity (Wildman–Crippen MR) is 103 cm³/mol. The Labute approximate surface area is 158 Å². The van der Waals surface area contributed by atoms with E-state index in [1.165, 1.54) is 6.07 Å². The van der Waals surface area contributed by atoms with Crippen LogP contribution < -0.4 is 10.2 Å². The van der Waals surface area contributed by atoms with Gasteiger partial charge >= 0.3 is 0 Å². The molecule has 0 bridgehead atoms. The number of carbonyl (C=O) groups is 1. The van der Waals surface area contributed by atoms with Crippen LogP contribution in [-0.2, 0) is 6.42 Å². The molecule has 1 N–H and O–H groups in total. The predicted octanol–water partition coefficient (Wildman–Crippen LogP) is 3.93. The van der Waals surface area contributed by atoms with Gasteiger partial charge in [0.2, 0.25) is 0 Å². The Bertz CT molecular complexity index is 783. The van der Waals surface area contributed by atoms with E-state index in [1.54, 1.807) is 18.4 Å². The number of aryl methyl sites for hydroxylation is 1. The number of amides is 1. The van der Waals surface area contributed by atoms with Crippen molar-refractivity contribution < 1.29 is 14.1 Å². The number of rotatable bonds is 7. The van der Waals surface area contributed by atoms with Crippen LogP contribution in [0.1, 0.15) is 48.7 Å². The molecule has 1 saturated heterocycles. The third kappa shape index (κ3) is 4.87. The Balaban J connectivity index is 1.67. The molecule has 2 heterocycles. The quantitative estimate of drug-likeness (QED) is 0.588. The van der Waals surface area contributed by atoms with E-state index in [0.717, 1.165) is 51.0 Å². The fraction of sp³-hybridized carbons (Fsp3) is 0.450. The van der Waals surface area contributed by atoms with Crippen molar-refractivity contribution in [1.29, 1.82) is 0 Å². The van der Waals surface area contributed by atoms with Crippen LogP contribution in [0.4, 0.5) is 11.4 Å². The molecular weight excluding hydrogens is 346 g/mol. The summed E-state index contributed by atoms with van der Waals surface area (Å²) >= 11 is 0. The van der Waals surface area contributed by atoms with Gasteiger partial charge in [-0.1, -0.05) is 0 Å². The fourth-order valence-corrected chi connectivity index (χ4v) is 3.41. The lowest BCUT2D eigenvalue weighted by Crippen LogP contribution is -2.33. The number of piperidine rings is 1. The van der Waals surface area contributed by atoms with Crippen molar-refractivity contribution in [2.45, 2.75) is 45.1 Å². The fourth-order valence-electron chi connectivity index (χ4n) is 3.41. The number of hydrogen-bond acceptors (Lipinski definition) is 5. The third-order valence-corrected chi connectivity index (χ3v) is 4.91. The molecule has 0 unspecified atom stereocenters. The second-order valence-corrected chi connectivity index (χ2v) is 7.00. The molecule has 1 aromatic heterocycles. The third-order valence-electron chi connectivity index (χ3n) is 4.91. The molecule has 144 valence electrons. The number of hydrogen-bond donors (Lipinski definition) is 1. The van der Waals surface area contributed by atoms with Gasteiger partial charge in [-0.15, -0.1) is 0 Å². The van der Waals surface area contributed by atoms with Crippen molar-refractivity contribution in [2.75, 3.05) is 18.0 Å². The average Bonchev–Trinajstić information content (AvgIpc) is 3.20. The summed E-state index contributed by atoms with van der Waals surface area (Å²) in [5, 5.41) is 14.4. The normalized spacial score (nSPS) is 15.4. The van der Waals surface area contributed by atoms with Crippen molar-refractivity contribution in [1.82, 2.24) is 5.32 Å². The van der Waals surface area contributed by atoms with Crippen molar-refractivity contribution in [3.63, 3.8) is 0 Å². The molecule has 27 heavy (non-hydrogen) atoms. The molecule has 0 radical (unpaired) electrons. The SMILES string of the molecule is C[C@@H](CCc1ccco1)NC(=O)c1ccc(N2CCCCC2)c([N+](=O)[O-])c1. The van der Waals surface area contributed by atoms with E-state index in [9.17, 15) is 14.9 Å². The maximum absolute atomic E-state index is 12.5. The highest BCUT2D eigenvalue weighted by Gasteiger charge is 2.23. The van der Waals surface area contributed by atoms with Gasteiger partial charge in [0.05, 0.1) is 11.2 Å². The topological polar surface area (TPSA) is 88.6 Å². The van der Waals surface area contributed by atoms with E-state index in [-0.39, 0.29) is 17.6 Å².